The maximum absolute atomic E-state index is 14.1. The minimum atomic E-state index is -0.849. The minimum absolute atomic E-state index is 0.00881. The number of fused-ring (bicyclic) bond motifs is 1. The van der Waals surface area contributed by atoms with Crippen molar-refractivity contribution in [1.82, 2.24) is 4.57 Å². The summed E-state index contributed by atoms with van der Waals surface area (Å²) in [6, 6.07) is 14.6. The first kappa shape index (κ1) is 29.4. The number of rotatable bonds is 8. The standard InChI is InChI=1S/C31H25BrF2N2O5S/c1-4-40-30(38)26-17(2)35-31-36(27(26)19-9-11-21(33)12-10-19)29(37)25(42-31)15-18-13-22(32)28(24(14-18)39-3)41-16-20-7-5-6-8-23(20)34/h5-15,27H,4,16H2,1-3H3/b25-15-/t27-/m0/s1. The van der Waals surface area contributed by atoms with Crippen molar-refractivity contribution in [3.8, 4) is 11.5 Å². The Morgan fingerprint density at radius 1 is 1.14 bits per heavy atom. The Kier molecular flexibility index (Phi) is 8.69. The molecule has 0 radical (unpaired) electrons. The number of hydrogen-bond acceptors (Lipinski definition) is 7. The first-order valence-electron chi connectivity index (χ1n) is 12.9. The second-order valence-electron chi connectivity index (χ2n) is 9.27. The monoisotopic (exact) mass is 654 g/mol. The third-order valence-electron chi connectivity index (χ3n) is 6.58. The van der Waals surface area contributed by atoms with E-state index in [0.29, 0.717) is 47.7 Å². The number of nitrogens with zero attached hydrogens (tertiary/aromatic N) is 2. The van der Waals surface area contributed by atoms with Gasteiger partial charge < -0.3 is 14.2 Å². The van der Waals surface area contributed by atoms with Crippen LogP contribution in [0.5, 0.6) is 11.5 Å². The number of thiazole rings is 1. The number of carbonyl (C=O) groups excluding carboxylic acids is 1. The van der Waals surface area contributed by atoms with Gasteiger partial charge in [0, 0.05) is 5.56 Å². The maximum Gasteiger partial charge on any atom is 0.338 e. The lowest BCUT2D eigenvalue weighted by molar-refractivity contribution is -0.139. The molecular formula is C31H25BrF2N2O5S. The van der Waals surface area contributed by atoms with Gasteiger partial charge in [-0.05, 0) is 77.3 Å². The van der Waals surface area contributed by atoms with E-state index in [4.69, 9.17) is 14.2 Å². The molecule has 1 aliphatic heterocycles. The summed E-state index contributed by atoms with van der Waals surface area (Å²) in [4.78, 5) is 31.8. The van der Waals surface area contributed by atoms with E-state index in [2.05, 4.69) is 20.9 Å². The molecule has 0 saturated carbocycles. The summed E-state index contributed by atoms with van der Waals surface area (Å²) in [5.41, 5.74) is 1.81. The van der Waals surface area contributed by atoms with Crippen molar-refractivity contribution < 1.29 is 27.8 Å². The van der Waals surface area contributed by atoms with Gasteiger partial charge in [0.25, 0.3) is 5.56 Å². The summed E-state index contributed by atoms with van der Waals surface area (Å²) in [6.45, 7) is 3.51. The molecule has 1 aliphatic rings. The number of halogens is 3. The van der Waals surface area contributed by atoms with Gasteiger partial charge in [-0.15, -0.1) is 0 Å². The van der Waals surface area contributed by atoms with Gasteiger partial charge in [0.15, 0.2) is 16.3 Å². The number of methoxy groups -OCH3 is 1. The highest BCUT2D eigenvalue weighted by Gasteiger charge is 2.33. The number of benzene rings is 3. The second kappa shape index (κ2) is 12.4. The smallest absolute Gasteiger partial charge is 0.338 e. The zero-order chi connectivity index (χ0) is 30.0. The molecule has 0 unspecified atom stereocenters. The summed E-state index contributed by atoms with van der Waals surface area (Å²) in [5.74, 6) is -0.651. The number of ether oxygens (including phenoxy) is 3. The molecule has 0 aliphatic carbocycles. The molecule has 0 fully saturated rings. The quantitative estimate of drug-likeness (QED) is 0.237. The summed E-state index contributed by atoms with van der Waals surface area (Å²) >= 11 is 4.67. The molecule has 4 aromatic rings. The molecule has 5 rings (SSSR count). The van der Waals surface area contributed by atoms with Gasteiger partial charge in [0.1, 0.15) is 18.2 Å². The summed E-state index contributed by atoms with van der Waals surface area (Å²) in [6.07, 6.45) is 1.68. The SMILES string of the molecule is CCOC(=O)C1=C(C)N=c2s/c(=C\c3cc(Br)c(OCc4ccccc4F)c(OC)c3)c(=O)n2[C@H]1c1ccc(F)cc1. The Balaban J connectivity index is 1.58. The predicted octanol–water partition coefficient (Wildman–Crippen LogP) is 5.43. The lowest BCUT2D eigenvalue weighted by Crippen LogP contribution is -2.39. The Bertz CT molecular complexity index is 1880. The van der Waals surface area contributed by atoms with Crippen LogP contribution in [0.4, 0.5) is 8.78 Å². The maximum atomic E-state index is 14.1. The zero-order valence-electron chi connectivity index (χ0n) is 22.8. The molecule has 7 nitrogen and oxygen atoms in total. The first-order valence-corrected chi connectivity index (χ1v) is 14.5. The van der Waals surface area contributed by atoms with E-state index >= 15 is 0 Å². The average molecular weight is 656 g/mol. The second-order valence-corrected chi connectivity index (χ2v) is 11.1. The van der Waals surface area contributed by atoms with Gasteiger partial charge in [-0.1, -0.05) is 41.7 Å². The fourth-order valence-electron chi connectivity index (χ4n) is 4.63. The highest BCUT2D eigenvalue weighted by Crippen LogP contribution is 2.37. The van der Waals surface area contributed by atoms with Crippen LogP contribution in [0.2, 0.25) is 0 Å². The Hall–Kier alpha value is -4.09. The molecular weight excluding hydrogens is 630 g/mol. The van der Waals surface area contributed by atoms with Crippen molar-refractivity contribution in [2.75, 3.05) is 13.7 Å². The Morgan fingerprint density at radius 3 is 2.57 bits per heavy atom. The zero-order valence-corrected chi connectivity index (χ0v) is 25.2. The van der Waals surface area contributed by atoms with Crippen molar-refractivity contribution in [2.45, 2.75) is 26.5 Å². The van der Waals surface area contributed by atoms with E-state index in [1.54, 1.807) is 50.3 Å². The molecule has 0 amide bonds. The fourth-order valence-corrected chi connectivity index (χ4v) is 6.25. The third kappa shape index (κ3) is 5.79. The van der Waals surface area contributed by atoms with Crippen LogP contribution in [0.3, 0.4) is 0 Å². The highest BCUT2D eigenvalue weighted by atomic mass is 79.9. The summed E-state index contributed by atoms with van der Waals surface area (Å²) in [7, 11) is 1.48. The fraction of sp³-hybridized carbons (Fsp3) is 0.194. The van der Waals surface area contributed by atoms with Gasteiger partial charge >= 0.3 is 5.97 Å². The highest BCUT2D eigenvalue weighted by molar-refractivity contribution is 9.10. The van der Waals surface area contributed by atoms with E-state index in [0.717, 1.165) is 11.3 Å². The Morgan fingerprint density at radius 2 is 1.88 bits per heavy atom. The normalized spacial score (nSPS) is 14.8. The molecule has 0 bridgehead atoms. The van der Waals surface area contributed by atoms with Crippen LogP contribution in [0.1, 0.15) is 36.6 Å². The molecule has 216 valence electrons. The summed E-state index contributed by atoms with van der Waals surface area (Å²) in [5, 5.41) is 0. The van der Waals surface area contributed by atoms with Crippen molar-refractivity contribution in [1.29, 1.82) is 0 Å². The van der Waals surface area contributed by atoms with E-state index in [-0.39, 0.29) is 30.2 Å². The van der Waals surface area contributed by atoms with Crippen molar-refractivity contribution in [2.24, 2.45) is 4.99 Å². The summed E-state index contributed by atoms with van der Waals surface area (Å²) < 4.78 is 46.9. The van der Waals surface area contributed by atoms with E-state index in [1.165, 1.54) is 42.0 Å². The van der Waals surface area contributed by atoms with E-state index in [9.17, 15) is 18.4 Å². The topological polar surface area (TPSA) is 79.1 Å². The minimum Gasteiger partial charge on any atom is -0.493 e. The molecule has 0 saturated heterocycles. The molecule has 42 heavy (non-hydrogen) atoms. The Labute approximate surface area is 252 Å². The van der Waals surface area contributed by atoms with Crippen LogP contribution in [0.15, 0.2) is 86.2 Å². The van der Waals surface area contributed by atoms with Crippen LogP contribution < -0.4 is 24.4 Å². The lowest BCUT2D eigenvalue weighted by Gasteiger charge is -2.24. The van der Waals surface area contributed by atoms with Gasteiger partial charge in [-0.25, -0.2) is 18.6 Å². The number of esters is 1. The van der Waals surface area contributed by atoms with Gasteiger partial charge in [-0.3, -0.25) is 9.36 Å². The average Bonchev–Trinajstić information content (AvgIpc) is 3.26. The largest absolute Gasteiger partial charge is 0.493 e. The van der Waals surface area contributed by atoms with Crippen LogP contribution in [0, 0.1) is 11.6 Å². The van der Waals surface area contributed by atoms with Crippen LogP contribution >= 0.6 is 27.3 Å². The number of carbonyl (C=O) groups is 1. The van der Waals surface area contributed by atoms with Crippen molar-refractivity contribution in [3.05, 3.63) is 124 Å². The lowest BCUT2D eigenvalue weighted by atomic mass is 9.96. The molecule has 3 aromatic carbocycles. The molecule has 2 heterocycles. The van der Waals surface area contributed by atoms with Crippen molar-refractivity contribution >= 4 is 39.3 Å². The number of aromatic nitrogens is 1. The molecule has 0 N–H and O–H groups in total. The molecule has 11 heteroatoms. The molecule has 0 spiro atoms. The van der Waals surface area contributed by atoms with Gasteiger partial charge in [0.2, 0.25) is 0 Å². The number of allylic oxidation sites excluding steroid dienone is 1. The van der Waals surface area contributed by atoms with Gasteiger partial charge in [-0.2, -0.15) is 0 Å². The van der Waals surface area contributed by atoms with E-state index in [1.807, 2.05) is 0 Å². The molecule has 1 atom stereocenters. The van der Waals surface area contributed by atoms with E-state index < -0.39 is 17.8 Å². The number of hydrogen-bond donors (Lipinski definition) is 0. The third-order valence-corrected chi connectivity index (χ3v) is 8.15. The molecule has 1 aromatic heterocycles. The predicted molar refractivity (Wildman–Crippen MR) is 158 cm³/mol. The van der Waals surface area contributed by atoms with Crippen molar-refractivity contribution in [3.63, 3.8) is 0 Å². The van der Waals surface area contributed by atoms with Crippen LogP contribution in [-0.2, 0) is 16.1 Å². The van der Waals surface area contributed by atoms with Crippen LogP contribution in [0.25, 0.3) is 6.08 Å². The van der Waals surface area contributed by atoms with Gasteiger partial charge in [0.05, 0.1) is 40.0 Å². The first-order chi connectivity index (χ1) is 20.2. The van der Waals surface area contributed by atoms with Crippen LogP contribution in [-0.4, -0.2) is 24.3 Å².